The molecule has 2 unspecified atom stereocenters. The zero-order chi connectivity index (χ0) is 8.97. The molecule has 0 amide bonds. The third-order valence-electron chi connectivity index (χ3n) is 2.58. The molecule has 1 saturated carbocycles. The second kappa shape index (κ2) is 4.97. The fourth-order valence-corrected chi connectivity index (χ4v) is 3.41. The molecule has 3 heteroatoms. The zero-order valence-corrected chi connectivity index (χ0v) is 8.82. The molecular formula is C9H19NOS. The topological polar surface area (TPSA) is 29.1 Å². The summed E-state index contributed by atoms with van der Waals surface area (Å²) in [7, 11) is 1.34. The molecule has 2 nitrogen and oxygen atoms in total. The molecule has 12 heavy (non-hydrogen) atoms. The van der Waals surface area contributed by atoms with Crippen LogP contribution in [0.2, 0.25) is 0 Å². The average molecular weight is 189 g/mol. The molecule has 1 aliphatic rings. The van der Waals surface area contributed by atoms with Crippen LogP contribution < -0.4 is 5.32 Å². The van der Waals surface area contributed by atoms with Gasteiger partial charge >= 0.3 is 0 Å². The van der Waals surface area contributed by atoms with Crippen LogP contribution in [0, 0.1) is 0 Å². The summed E-state index contributed by atoms with van der Waals surface area (Å²) in [5, 5.41) is 3.63. The van der Waals surface area contributed by atoms with Gasteiger partial charge in [0, 0.05) is 27.8 Å². The van der Waals surface area contributed by atoms with Gasteiger partial charge in [-0.25, -0.2) is 0 Å². The minimum atomic E-state index is -0.588. The highest BCUT2D eigenvalue weighted by molar-refractivity contribution is 7.85. The van der Waals surface area contributed by atoms with Crippen molar-refractivity contribution in [3.8, 4) is 0 Å². The van der Waals surface area contributed by atoms with Crippen molar-refractivity contribution in [2.24, 2.45) is 0 Å². The third-order valence-corrected chi connectivity index (χ3v) is 4.62. The monoisotopic (exact) mass is 189 g/mol. The molecule has 0 aromatic rings. The van der Waals surface area contributed by atoms with Crippen molar-refractivity contribution in [2.45, 2.75) is 43.9 Å². The molecule has 0 aliphatic heterocycles. The Labute approximate surface area is 77.6 Å². The van der Waals surface area contributed by atoms with Gasteiger partial charge in [-0.3, -0.25) is 4.21 Å². The predicted octanol–water partition coefficient (Wildman–Crippen LogP) is 1.29. The molecule has 1 fully saturated rings. The predicted molar refractivity (Wildman–Crippen MR) is 53.8 cm³/mol. The van der Waals surface area contributed by atoms with Crippen LogP contribution in [-0.2, 0) is 10.8 Å². The van der Waals surface area contributed by atoms with Crippen molar-refractivity contribution >= 4 is 10.8 Å². The van der Waals surface area contributed by atoms with Crippen molar-refractivity contribution in [2.75, 3.05) is 12.8 Å². The fourth-order valence-electron chi connectivity index (χ4n) is 1.62. The lowest BCUT2D eigenvalue weighted by Crippen LogP contribution is -2.30. The Hall–Kier alpha value is 0.110. The van der Waals surface area contributed by atoms with Crippen molar-refractivity contribution in [3.63, 3.8) is 0 Å². The van der Waals surface area contributed by atoms with E-state index in [0.29, 0.717) is 11.3 Å². The Bertz CT molecular complexity index is 155. The summed E-state index contributed by atoms with van der Waals surface area (Å²) in [6.45, 7) is 2.09. The summed E-state index contributed by atoms with van der Waals surface area (Å²) < 4.78 is 11.7. The lowest BCUT2D eigenvalue weighted by Gasteiger charge is -2.13. The second-order valence-corrected chi connectivity index (χ2v) is 5.41. The van der Waals surface area contributed by atoms with Crippen LogP contribution in [0.25, 0.3) is 0 Å². The SMILES string of the molecule is CNC(C)CS(=O)C1CCCC1. The van der Waals surface area contributed by atoms with Gasteiger partial charge in [-0.2, -0.15) is 0 Å². The highest BCUT2D eigenvalue weighted by atomic mass is 32.2. The largest absolute Gasteiger partial charge is 0.316 e. The molecule has 0 saturated heterocycles. The lowest BCUT2D eigenvalue weighted by molar-refractivity contribution is 0.636. The fraction of sp³-hybridized carbons (Fsp3) is 1.00. The highest BCUT2D eigenvalue weighted by Crippen LogP contribution is 2.23. The molecule has 0 spiro atoms. The van der Waals surface area contributed by atoms with Crippen LogP contribution >= 0.6 is 0 Å². The van der Waals surface area contributed by atoms with Gasteiger partial charge in [0.1, 0.15) is 0 Å². The van der Waals surface area contributed by atoms with E-state index >= 15 is 0 Å². The first-order chi connectivity index (χ1) is 5.74. The standard InChI is InChI=1S/C9H19NOS/c1-8(10-2)7-12(11)9-5-3-4-6-9/h8-10H,3-7H2,1-2H3. The van der Waals surface area contributed by atoms with Crippen LogP contribution in [0.5, 0.6) is 0 Å². The van der Waals surface area contributed by atoms with Gasteiger partial charge in [0.25, 0.3) is 0 Å². The Morgan fingerprint density at radius 3 is 2.58 bits per heavy atom. The molecule has 2 atom stereocenters. The first kappa shape index (κ1) is 10.2. The van der Waals surface area contributed by atoms with Gasteiger partial charge < -0.3 is 5.32 Å². The lowest BCUT2D eigenvalue weighted by atomic mass is 10.4. The van der Waals surface area contributed by atoms with Crippen molar-refractivity contribution in [1.29, 1.82) is 0 Å². The quantitative estimate of drug-likeness (QED) is 0.722. The average Bonchev–Trinajstić information content (AvgIpc) is 2.56. The van der Waals surface area contributed by atoms with Gasteiger partial charge in [-0.1, -0.05) is 12.8 Å². The number of hydrogen-bond donors (Lipinski definition) is 1. The maximum atomic E-state index is 11.7. The van der Waals surface area contributed by atoms with Gasteiger partial charge in [0.2, 0.25) is 0 Å². The van der Waals surface area contributed by atoms with Crippen LogP contribution in [0.1, 0.15) is 32.6 Å². The van der Waals surface area contributed by atoms with E-state index in [9.17, 15) is 4.21 Å². The minimum absolute atomic E-state index is 0.395. The minimum Gasteiger partial charge on any atom is -0.316 e. The highest BCUT2D eigenvalue weighted by Gasteiger charge is 2.21. The molecule has 0 radical (unpaired) electrons. The van der Waals surface area contributed by atoms with Gasteiger partial charge in [0.05, 0.1) is 0 Å². The van der Waals surface area contributed by atoms with Crippen molar-refractivity contribution in [1.82, 2.24) is 5.32 Å². The van der Waals surface area contributed by atoms with Crippen LogP contribution in [0.15, 0.2) is 0 Å². The van der Waals surface area contributed by atoms with Crippen molar-refractivity contribution in [3.05, 3.63) is 0 Å². The Morgan fingerprint density at radius 1 is 1.50 bits per heavy atom. The van der Waals surface area contributed by atoms with Gasteiger partial charge in [-0.05, 0) is 26.8 Å². The summed E-state index contributed by atoms with van der Waals surface area (Å²) in [6, 6.07) is 0.395. The van der Waals surface area contributed by atoms with E-state index in [1.165, 1.54) is 25.7 Å². The maximum absolute atomic E-state index is 11.7. The van der Waals surface area contributed by atoms with E-state index in [-0.39, 0.29) is 0 Å². The van der Waals surface area contributed by atoms with E-state index in [1.807, 2.05) is 7.05 Å². The molecule has 72 valence electrons. The summed E-state index contributed by atoms with van der Waals surface area (Å²) in [5.41, 5.74) is 0. The smallest absolute Gasteiger partial charge is 0.0388 e. The Balaban J connectivity index is 2.27. The molecule has 0 heterocycles. The maximum Gasteiger partial charge on any atom is 0.0388 e. The number of nitrogens with one attached hydrogen (secondary N) is 1. The molecule has 1 rings (SSSR count). The summed E-state index contributed by atoms with van der Waals surface area (Å²) in [6.07, 6.45) is 4.93. The van der Waals surface area contributed by atoms with Crippen LogP contribution in [0.3, 0.4) is 0 Å². The molecule has 0 aromatic carbocycles. The van der Waals surface area contributed by atoms with Gasteiger partial charge in [-0.15, -0.1) is 0 Å². The molecule has 0 bridgehead atoms. The first-order valence-electron chi connectivity index (χ1n) is 4.78. The summed E-state index contributed by atoms with van der Waals surface area (Å²) in [4.78, 5) is 0. The normalized spacial score (nSPS) is 24.2. The molecule has 1 aliphatic carbocycles. The van der Waals surface area contributed by atoms with E-state index in [2.05, 4.69) is 12.2 Å². The Morgan fingerprint density at radius 2 is 2.08 bits per heavy atom. The summed E-state index contributed by atoms with van der Waals surface area (Å²) in [5.74, 6) is 0.821. The van der Waals surface area contributed by atoms with Gasteiger partial charge in [0.15, 0.2) is 0 Å². The first-order valence-corrected chi connectivity index (χ1v) is 6.16. The van der Waals surface area contributed by atoms with E-state index < -0.39 is 10.8 Å². The zero-order valence-electron chi connectivity index (χ0n) is 8.01. The molecule has 0 aromatic heterocycles. The summed E-state index contributed by atoms with van der Waals surface area (Å²) >= 11 is 0. The molecular weight excluding hydrogens is 170 g/mol. The van der Waals surface area contributed by atoms with Crippen LogP contribution in [-0.4, -0.2) is 28.3 Å². The second-order valence-electron chi connectivity index (χ2n) is 3.64. The van der Waals surface area contributed by atoms with E-state index in [0.717, 1.165) is 5.75 Å². The van der Waals surface area contributed by atoms with E-state index in [1.54, 1.807) is 0 Å². The third kappa shape index (κ3) is 2.87. The van der Waals surface area contributed by atoms with E-state index in [4.69, 9.17) is 0 Å². The Kier molecular flexibility index (Phi) is 4.22. The number of hydrogen-bond acceptors (Lipinski definition) is 2. The van der Waals surface area contributed by atoms with Crippen molar-refractivity contribution < 1.29 is 4.21 Å². The number of rotatable bonds is 4. The van der Waals surface area contributed by atoms with Crippen LogP contribution in [0.4, 0.5) is 0 Å². The molecule has 1 N–H and O–H groups in total.